The molecule has 0 bridgehead atoms. The Morgan fingerprint density at radius 2 is 1.95 bits per heavy atom. The van der Waals surface area contributed by atoms with Crippen LogP contribution in [-0.4, -0.2) is 42.4 Å². The topological polar surface area (TPSA) is 87.6 Å². The zero-order valence-corrected chi connectivity index (χ0v) is 13.6. The van der Waals surface area contributed by atoms with E-state index in [0.717, 1.165) is 16.9 Å². The highest BCUT2D eigenvalue weighted by Gasteiger charge is 2.23. The number of rotatable bonds is 7. The van der Waals surface area contributed by atoms with Crippen molar-refractivity contribution >= 4 is 27.3 Å². The first-order valence-electron chi connectivity index (χ1n) is 6.55. The average molecular weight is 340 g/mol. The number of likely N-dealkylation sites (N-methyl/N-ethyl adjacent to an activating group) is 1. The van der Waals surface area contributed by atoms with Crippen LogP contribution in [0.5, 0.6) is 0 Å². The fourth-order valence-electron chi connectivity index (χ4n) is 1.85. The molecule has 0 aliphatic rings. The van der Waals surface area contributed by atoms with Crippen molar-refractivity contribution in [2.24, 2.45) is 0 Å². The second-order valence-electron chi connectivity index (χ2n) is 4.72. The third-order valence-electron chi connectivity index (χ3n) is 3.09. The van der Waals surface area contributed by atoms with E-state index in [0.29, 0.717) is 17.8 Å². The predicted octanol–water partition coefficient (Wildman–Crippen LogP) is 1.63. The van der Waals surface area contributed by atoms with Gasteiger partial charge < -0.3 is 5.11 Å². The summed E-state index contributed by atoms with van der Waals surface area (Å²) in [6, 6.07) is 6.69. The van der Waals surface area contributed by atoms with Crippen molar-refractivity contribution in [2.45, 2.75) is 17.1 Å². The summed E-state index contributed by atoms with van der Waals surface area (Å²) in [7, 11) is -2.06. The predicted molar refractivity (Wildman–Crippen MR) is 83.4 cm³/mol. The Labute approximate surface area is 133 Å². The van der Waals surface area contributed by atoms with E-state index in [9.17, 15) is 13.2 Å². The van der Waals surface area contributed by atoms with Gasteiger partial charge in [0, 0.05) is 30.9 Å². The van der Waals surface area contributed by atoms with Crippen LogP contribution in [0.25, 0.3) is 0 Å². The number of aliphatic carboxylic acids is 1. The molecule has 2 rings (SSSR count). The molecule has 0 saturated heterocycles. The summed E-state index contributed by atoms with van der Waals surface area (Å²) < 4.78 is 26.3. The summed E-state index contributed by atoms with van der Waals surface area (Å²) >= 11 is 0.998. The van der Waals surface area contributed by atoms with Crippen molar-refractivity contribution in [3.63, 3.8) is 0 Å². The maximum atomic E-state index is 12.4. The Balaban J connectivity index is 2.05. The zero-order chi connectivity index (χ0) is 16.2. The zero-order valence-electron chi connectivity index (χ0n) is 12.0. The third kappa shape index (κ3) is 4.12. The number of pyridine rings is 1. The monoisotopic (exact) mass is 340 g/mol. The third-order valence-corrected chi connectivity index (χ3v) is 6.50. The van der Waals surface area contributed by atoms with Crippen molar-refractivity contribution in [1.82, 2.24) is 9.29 Å². The van der Waals surface area contributed by atoms with E-state index in [1.807, 2.05) is 12.1 Å². The highest BCUT2D eigenvalue weighted by molar-refractivity contribution is 7.91. The molecule has 0 aromatic carbocycles. The van der Waals surface area contributed by atoms with Gasteiger partial charge >= 0.3 is 5.97 Å². The van der Waals surface area contributed by atoms with Crippen molar-refractivity contribution in [3.8, 4) is 0 Å². The number of thiophene rings is 1. The summed E-state index contributed by atoms with van der Waals surface area (Å²) in [5, 5.41) is 8.74. The van der Waals surface area contributed by atoms with Crippen LogP contribution in [0.4, 0.5) is 0 Å². The maximum Gasteiger partial charge on any atom is 0.308 e. The normalized spacial score (nSPS) is 11.7. The lowest BCUT2D eigenvalue weighted by atomic mass is 10.2. The van der Waals surface area contributed by atoms with Crippen LogP contribution >= 0.6 is 11.3 Å². The molecule has 118 valence electrons. The molecule has 0 radical (unpaired) electrons. The number of carboxylic acid groups (broad SMARTS) is 1. The molecule has 0 saturated carbocycles. The van der Waals surface area contributed by atoms with Crippen molar-refractivity contribution in [1.29, 1.82) is 0 Å². The van der Waals surface area contributed by atoms with Crippen LogP contribution < -0.4 is 0 Å². The second-order valence-corrected chi connectivity index (χ2v) is 8.16. The van der Waals surface area contributed by atoms with E-state index in [2.05, 4.69) is 4.98 Å². The number of hydrogen-bond acceptors (Lipinski definition) is 5. The van der Waals surface area contributed by atoms with E-state index in [1.54, 1.807) is 18.5 Å². The summed E-state index contributed by atoms with van der Waals surface area (Å²) in [5.41, 5.74) is 1.01. The number of nitrogens with zero attached hydrogens (tertiary/aromatic N) is 2. The smallest absolute Gasteiger partial charge is 0.308 e. The molecule has 2 aromatic heterocycles. The Morgan fingerprint density at radius 1 is 1.27 bits per heavy atom. The largest absolute Gasteiger partial charge is 0.481 e. The summed E-state index contributed by atoms with van der Waals surface area (Å²) in [5.74, 6) is -0.975. The Hall–Kier alpha value is -1.77. The minimum atomic E-state index is -3.58. The SMILES string of the molecule is CN(CCc1ccncc1)S(=O)(=O)c1ccc(CC(=O)O)s1. The molecular weight excluding hydrogens is 324 g/mol. The van der Waals surface area contributed by atoms with Gasteiger partial charge in [-0.05, 0) is 36.2 Å². The molecule has 8 heteroatoms. The van der Waals surface area contributed by atoms with Gasteiger partial charge in [-0.3, -0.25) is 9.78 Å². The van der Waals surface area contributed by atoms with Crippen LogP contribution in [0.15, 0.2) is 40.9 Å². The first-order valence-corrected chi connectivity index (χ1v) is 8.81. The standard InChI is InChI=1S/C14H16N2O4S2/c1-16(9-6-11-4-7-15-8-5-11)22(19,20)14-3-2-12(21-14)10-13(17)18/h2-5,7-8H,6,9-10H2,1H3,(H,17,18). The molecule has 0 aliphatic heterocycles. The number of hydrogen-bond donors (Lipinski definition) is 1. The molecule has 0 fully saturated rings. The van der Waals surface area contributed by atoms with E-state index < -0.39 is 16.0 Å². The lowest BCUT2D eigenvalue weighted by Crippen LogP contribution is -2.28. The molecule has 0 amide bonds. The molecule has 22 heavy (non-hydrogen) atoms. The Morgan fingerprint density at radius 3 is 2.59 bits per heavy atom. The fourth-order valence-corrected chi connectivity index (χ4v) is 4.58. The molecule has 0 spiro atoms. The fraction of sp³-hybridized carbons (Fsp3) is 0.286. The van der Waals surface area contributed by atoms with Crippen molar-refractivity contribution in [3.05, 3.63) is 47.1 Å². The molecule has 0 atom stereocenters. The van der Waals surface area contributed by atoms with Crippen LogP contribution in [0.3, 0.4) is 0 Å². The van der Waals surface area contributed by atoms with Gasteiger partial charge in [-0.2, -0.15) is 4.31 Å². The molecule has 2 aromatic rings. The molecular formula is C14H16N2O4S2. The van der Waals surface area contributed by atoms with E-state index in [1.165, 1.54) is 17.4 Å². The van der Waals surface area contributed by atoms with Crippen LogP contribution in [0.2, 0.25) is 0 Å². The van der Waals surface area contributed by atoms with E-state index >= 15 is 0 Å². The minimum absolute atomic E-state index is 0.166. The van der Waals surface area contributed by atoms with Crippen molar-refractivity contribution in [2.75, 3.05) is 13.6 Å². The quantitative estimate of drug-likeness (QED) is 0.828. The minimum Gasteiger partial charge on any atom is -0.481 e. The molecule has 6 nitrogen and oxygen atoms in total. The number of carboxylic acids is 1. The molecule has 0 unspecified atom stereocenters. The maximum absolute atomic E-state index is 12.4. The average Bonchev–Trinajstić information content (AvgIpc) is 2.94. The molecule has 1 N–H and O–H groups in total. The van der Waals surface area contributed by atoms with Gasteiger partial charge in [-0.15, -0.1) is 11.3 Å². The van der Waals surface area contributed by atoms with Gasteiger partial charge in [0.15, 0.2) is 0 Å². The van der Waals surface area contributed by atoms with E-state index in [4.69, 9.17) is 5.11 Å². The van der Waals surface area contributed by atoms with Gasteiger partial charge in [0.2, 0.25) is 0 Å². The van der Waals surface area contributed by atoms with Gasteiger partial charge in [-0.25, -0.2) is 8.42 Å². The van der Waals surface area contributed by atoms with Gasteiger partial charge in [0.25, 0.3) is 10.0 Å². The van der Waals surface area contributed by atoms with Crippen LogP contribution in [0.1, 0.15) is 10.4 Å². The Kier molecular flexibility index (Phi) is 5.28. The summed E-state index contributed by atoms with van der Waals surface area (Å²) in [6.45, 7) is 0.346. The van der Waals surface area contributed by atoms with Gasteiger partial charge in [-0.1, -0.05) is 0 Å². The highest BCUT2D eigenvalue weighted by Crippen LogP contribution is 2.24. The summed E-state index contributed by atoms with van der Waals surface area (Å²) in [6.07, 6.45) is 3.76. The van der Waals surface area contributed by atoms with Gasteiger partial charge in [0.05, 0.1) is 6.42 Å². The van der Waals surface area contributed by atoms with E-state index in [-0.39, 0.29) is 10.6 Å². The molecule has 2 heterocycles. The van der Waals surface area contributed by atoms with Crippen LogP contribution in [-0.2, 0) is 27.7 Å². The molecule has 0 aliphatic carbocycles. The van der Waals surface area contributed by atoms with Crippen LogP contribution in [0, 0.1) is 0 Å². The number of sulfonamides is 1. The van der Waals surface area contributed by atoms with Gasteiger partial charge in [0.1, 0.15) is 4.21 Å². The lowest BCUT2D eigenvalue weighted by molar-refractivity contribution is -0.136. The lowest BCUT2D eigenvalue weighted by Gasteiger charge is -2.15. The summed E-state index contributed by atoms with van der Waals surface area (Å²) in [4.78, 5) is 15.1. The second kappa shape index (κ2) is 6.99. The first-order chi connectivity index (χ1) is 10.4. The Bertz CT molecular complexity index is 741. The first kappa shape index (κ1) is 16.6. The van der Waals surface area contributed by atoms with Crippen molar-refractivity contribution < 1.29 is 18.3 Å². The number of aromatic nitrogens is 1. The number of carbonyl (C=O) groups is 1. The highest BCUT2D eigenvalue weighted by atomic mass is 32.2.